The third kappa shape index (κ3) is 3.78. The molecule has 0 aromatic heterocycles. The number of ether oxygens (including phenoxy) is 2. The lowest BCUT2D eigenvalue weighted by molar-refractivity contribution is -0.139. The van der Waals surface area contributed by atoms with Crippen LogP contribution < -0.4 is 10.4 Å². The van der Waals surface area contributed by atoms with Crippen LogP contribution in [0.2, 0.25) is 0 Å². The van der Waals surface area contributed by atoms with E-state index in [1.54, 1.807) is 0 Å². The molecule has 25 heavy (non-hydrogen) atoms. The summed E-state index contributed by atoms with van der Waals surface area (Å²) < 4.78 is 22.9. The molecule has 0 saturated heterocycles. The average Bonchev–Trinajstić information content (AvgIpc) is 2.83. The van der Waals surface area contributed by atoms with Gasteiger partial charge in [-0.2, -0.15) is 0 Å². The van der Waals surface area contributed by atoms with Gasteiger partial charge in [0.2, 0.25) is 0 Å². The molecule has 0 atom stereocenters. The molecule has 1 aliphatic rings. The van der Waals surface area contributed by atoms with Gasteiger partial charge in [-0.1, -0.05) is 6.08 Å². The van der Waals surface area contributed by atoms with Crippen molar-refractivity contribution in [2.24, 2.45) is 0 Å². The van der Waals surface area contributed by atoms with Crippen molar-refractivity contribution in [3.05, 3.63) is 59.7 Å². The summed E-state index contributed by atoms with van der Waals surface area (Å²) in [7, 11) is 0.283. The zero-order chi connectivity index (χ0) is 18.6. The monoisotopic (exact) mass is 347 g/mol. The molecule has 1 aromatic rings. The van der Waals surface area contributed by atoms with Gasteiger partial charge in [0.05, 0.1) is 19.8 Å². The van der Waals surface area contributed by atoms with Gasteiger partial charge in [-0.05, 0) is 30.4 Å². The summed E-state index contributed by atoms with van der Waals surface area (Å²) in [6.45, 7) is 0. The van der Waals surface area contributed by atoms with Crippen LogP contribution in [-0.2, 0) is 19.1 Å². The van der Waals surface area contributed by atoms with E-state index in [1.807, 2.05) is 0 Å². The molecular weight excluding hydrogens is 332 g/mol. The molecule has 0 amide bonds. The van der Waals surface area contributed by atoms with E-state index in [2.05, 4.69) is 4.74 Å². The van der Waals surface area contributed by atoms with Crippen molar-refractivity contribution >= 4 is 30.2 Å². The van der Waals surface area contributed by atoms with Gasteiger partial charge in [0.15, 0.2) is 0 Å². The Kier molecular flexibility index (Phi) is 5.73. The van der Waals surface area contributed by atoms with Gasteiger partial charge in [-0.15, -0.1) is 0 Å². The average molecular weight is 347 g/mol. The third-order valence-electron chi connectivity index (χ3n) is 3.42. The van der Waals surface area contributed by atoms with Gasteiger partial charge in [0.1, 0.15) is 11.5 Å². The topological polar surface area (TPSA) is 96.3 Å². The van der Waals surface area contributed by atoms with Gasteiger partial charge in [-0.25, -0.2) is 14.0 Å². The lowest BCUT2D eigenvalue weighted by Crippen LogP contribution is -2.37. The Hall–Kier alpha value is -2.91. The number of benzene rings is 1. The number of carbonyl (C=O) groups is 2. The van der Waals surface area contributed by atoms with E-state index < -0.39 is 24.9 Å². The van der Waals surface area contributed by atoms with Crippen LogP contribution in [-0.4, -0.2) is 43.3 Å². The minimum absolute atomic E-state index is 0.0816. The Labute approximate surface area is 143 Å². The van der Waals surface area contributed by atoms with E-state index in [9.17, 15) is 24.0 Å². The zero-order valence-corrected chi connectivity index (χ0v) is 13.5. The minimum atomic E-state index is -2.00. The summed E-state index contributed by atoms with van der Waals surface area (Å²) in [5, 5.41) is 19.1. The van der Waals surface area contributed by atoms with Crippen LogP contribution in [0.25, 0.3) is 0 Å². The van der Waals surface area contributed by atoms with Crippen LogP contribution in [0.4, 0.5) is 10.1 Å². The highest BCUT2D eigenvalue weighted by Gasteiger charge is 2.30. The first kappa shape index (κ1) is 18.4. The molecule has 0 radical (unpaired) electrons. The highest BCUT2D eigenvalue weighted by molar-refractivity contribution is 6.60. The van der Waals surface area contributed by atoms with Gasteiger partial charge >= 0.3 is 19.1 Å². The summed E-state index contributed by atoms with van der Waals surface area (Å²) in [5.74, 6) is -2.35. The third-order valence-corrected chi connectivity index (χ3v) is 3.42. The van der Waals surface area contributed by atoms with Crippen molar-refractivity contribution in [1.29, 1.82) is 0 Å². The summed E-state index contributed by atoms with van der Waals surface area (Å²) in [6.07, 6.45) is 5.76. The van der Waals surface area contributed by atoms with E-state index in [0.717, 1.165) is 26.4 Å². The first-order valence-corrected chi connectivity index (χ1v) is 7.11. The standard InChI is InChI=1S/C16H15BFNO6/c1-24-15(20)11-5-3-4-8-19(14(11)16(21)25-2)13-7-6-10(18)9-12(13)17(22)23/h3-9,22-23H,1-2H3. The molecular formula is C16H15BFNO6. The molecule has 2 rings (SSSR count). The molecule has 0 bridgehead atoms. The maximum absolute atomic E-state index is 13.5. The summed E-state index contributed by atoms with van der Waals surface area (Å²) in [6, 6.07) is 3.25. The second-order valence-electron chi connectivity index (χ2n) is 4.89. The molecule has 2 N–H and O–H groups in total. The van der Waals surface area contributed by atoms with E-state index in [4.69, 9.17) is 4.74 Å². The van der Waals surface area contributed by atoms with Crippen molar-refractivity contribution in [1.82, 2.24) is 0 Å². The van der Waals surface area contributed by atoms with E-state index in [-0.39, 0.29) is 22.4 Å². The molecule has 0 spiro atoms. The Morgan fingerprint density at radius 2 is 1.80 bits per heavy atom. The first-order valence-electron chi connectivity index (χ1n) is 7.11. The number of esters is 2. The zero-order valence-electron chi connectivity index (χ0n) is 13.5. The van der Waals surface area contributed by atoms with Crippen LogP contribution in [0.1, 0.15) is 0 Å². The lowest BCUT2D eigenvalue weighted by Gasteiger charge is -2.25. The van der Waals surface area contributed by atoms with Crippen molar-refractivity contribution in [3.8, 4) is 0 Å². The number of allylic oxidation sites excluding steroid dienone is 2. The number of halogens is 1. The smallest absolute Gasteiger partial charge is 0.465 e. The summed E-state index contributed by atoms with van der Waals surface area (Å²) >= 11 is 0. The quantitative estimate of drug-likeness (QED) is 0.584. The van der Waals surface area contributed by atoms with E-state index in [1.165, 1.54) is 35.4 Å². The summed E-state index contributed by atoms with van der Waals surface area (Å²) in [5.41, 5.74) is -0.440. The second-order valence-corrected chi connectivity index (χ2v) is 4.89. The van der Waals surface area contributed by atoms with Crippen molar-refractivity contribution < 1.29 is 33.5 Å². The number of anilines is 1. The highest BCUT2D eigenvalue weighted by Crippen LogP contribution is 2.25. The van der Waals surface area contributed by atoms with Gasteiger partial charge in [-0.3, -0.25) is 0 Å². The van der Waals surface area contributed by atoms with Crippen LogP contribution in [0.5, 0.6) is 0 Å². The number of hydrogen-bond donors (Lipinski definition) is 2. The fourth-order valence-electron chi connectivity index (χ4n) is 2.30. The number of carbonyl (C=O) groups excluding carboxylic acids is 2. The van der Waals surface area contributed by atoms with Crippen LogP contribution in [0.15, 0.2) is 53.9 Å². The number of methoxy groups -OCH3 is 2. The molecule has 1 aliphatic heterocycles. The largest absolute Gasteiger partial charge is 0.490 e. The fourth-order valence-corrected chi connectivity index (χ4v) is 2.30. The first-order chi connectivity index (χ1) is 11.9. The molecule has 0 unspecified atom stereocenters. The molecule has 130 valence electrons. The number of nitrogens with zero attached hydrogens (tertiary/aromatic N) is 1. The van der Waals surface area contributed by atoms with E-state index >= 15 is 0 Å². The van der Waals surface area contributed by atoms with Crippen molar-refractivity contribution in [3.63, 3.8) is 0 Å². The van der Waals surface area contributed by atoms with Gasteiger partial charge in [0.25, 0.3) is 0 Å². The van der Waals surface area contributed by atoms with Crippen LogP contribution >= 0.6 is 0 Å². The lowest BCUT2D eigenvalue weighted by atomic mass is 9.78. The second kappa shape index (κ2) is 7.78. The summed E-state index contributed by atoms with van der Waals surface area (Å²) in [4.78, 5) is 25.5. The maximum atomic E-state index is 13.5. The highest BCUT2D eigenvalue weighted by atomic mass is 19.1. The molecule has 0 fully saturated rings. The Morgan fingerprint density at radius 3 is 2.40 bits per heavy atom. The predicted molar refractivity (Wildman–Crippen MR) is 88.0 cm³/mol. The maximum Gasteiger partial charge on any atom is 0.490 e. The van der Waals surface area contributed by atoms with Crippen molar-refractivity contribution in [2.45, 2.75) is 0 Å². The van der Waals surface area contributed by atoms with E-state index in [0.29, 0.717) is 0 Å². The Bertz CT molecular complexity index is 787. The number of rotatable bonds is 4. The minimum Gasteiger partial charge on any atom is -0.465 e. The molecule has 7 nitrogen and oxygen atoms in total. The van der Waals surface area contributed by atoms with Crippen molar-refractivity contribution in [2.75, 3.05) is 19.1 Å². The van der Waals surface area contributed by atoms with Gasteiger partial charge < -0.3 is 24.4 Å². The van der Waals surface area contributed by atoms with Gasteiger partial charge in [0, 0.05) is 17.4 Å². The number of hydrogen-bond acceptors (Lipinski definition) is 7. The molecule has 1 heterocycles. The molecule has 1 aromatic carbocycles. The molecule has 9 heteroatoms. The predicted octanol–water partition coefficient (Wildman–Crippen LogP) is -0.00450. The molecule has 0 saturated carbocycles. The Morgan fingerprint density at radius 1 is 1.12 bits per heavy atom. The van der Waals surface area contributed by atoms with Crippen LogP contribution in [0.3, 0.4) is 0 Å². The normalized spacial score (nSPS) is 13.6. The SMILES string of the molecule is COC(=O)C1=C(C(=O)OC)N(c2ccc(F)cc2B(O)O)C=CC=C1. The van der Waals surface area contributed by atoms with Crippen LogP contribution in [0, 0.1) is 5.82 Å². The molecule has 0 aliphatic carbocycles. The Balaban J connectivity index is 2.74. The fraction of sp³-hybridized carbons (Fsp3) is 0.125.